The summed E-state index contributed by atoms with van der Waals surface area (Å²) in [5.41, 5.74) is 0.216. The second-order valence-electron chi connectivity index (χ2n) is 7.11. The van der Waals surface area contributed by atoms with Gasteiger partial charge in [0.05, 0.1) is 22.7 Å². The number of sulfonamides is 1. The van der Waals surface area contributed by atoms with Crippen LogP contribution in [0.1, 0.15) is 34.6 Å². The summed E-state index contributed by atoms with van der Waals surface area (Å²) in [5.74, 6) is -1.81. The molecule has 0 spiro atoms. The zero-order chi connectivity index (χ0) is 21.9. The molecule has 0 aliphatic carbocycles. The lowest BCUT2D eigenvalue weighted by atomic mass is 10.1. The van der Waals surface area contributed by atoms with E-state index in [0.29, 0.717) is 0 Å². The minimum atomic E-state index is -3.82. The molecule has 2 unspecified atom stereocenters. The number of nitrogens with zero attached hydrogens (tertiary/aromatic N) is 1. The van der Waals surface area contributed by atoms with Crippen molar-refractivity contribution < 1.29 is 31.9 Å². The van der Waals surface area contributed by atoms with Crippen LogP contribution in [-0.2, 0) is 19.5 Å². The van der Waals surface area contributed by atoms with Crippen molar-refractivity contribution in [3.8, 4) is 0 Å². The molecular weight excluding hydrogens is 413 g/mol. The zero-order valence-corrected chi connectivity index (χ0v) is 17.4. The summed E-state index contributed by atoms with van der Waals surface area (Å²) in [6.45, 7) is 3.48. The molecule has 2 atom stereocenters. The SMILES string of the molecule is CC1CN(S(=O)(=O)c2cccc(C(=O)OCC(=O)c3ccc(F)cc3)c2)CC(C)O1. The maximum absolute atomic E-state index is 13.0. The number of carbonyl (C=O) groups excluding carboxylic acids is 2. The summed E-state index contributed by atoms with van der Waals surface area (Å²) in [4.78, 5) is 24.4. The molecule has 160 valence electrons. The summed E-state index contributed by atoms with van der Waals surface area (Å²) >= 11 is 0. The fraction of sp³-hybridized carbons (Fsp3) is 0.333. The molecule has 2 aromatic rings. The highest BCUT2D eigenvalue weighted by Crippen LogP contribution is 2.22. The van der Waals surface area contributed by atoms with Crippen LogP contribution in [0.5, 0.6) is 0 Å². The van der Waals surface area contributed by atoms with E-state index in [-0.39, 0.29) is 41.3 Å². The molecule has 3 rings (SSSR count). The third kappa shape index (κ3) is 5.10. The number of ether oxygens (including phenoxy) is 2. The normalized spacial score (nSPS) is 20.0. The van der Waals surface area contributed by atoms with Gasteiger partial charge in [-0.25, -0.2) is 17.6 Å². The number of benzene rings is 2. The first-order chi connectivity index (χ1) is 14.2. The first-order valence-corrected chi connectivity index (χ1v) is 10.8. The Kier molecular flexibility index (Phi) is 6.64. The molecular formula is C21H22FNO6S. The van der Waals surface area contributed by atoms with Crippen molar-refractivity contribution in [2.45, 2.75) is 31.0 Å². The fourth-order valence-corrected chi connectivity index (χ4v) is 4.83. The maximum Gasteiger partial charge on any atom is 0.338 e. The average Bonchev–Trinajstić information content (AvgIpc) is 2.71. The van der Waals surface area contributed by atoms with Gasteiger partial charge in [0.25, 0.3) is 0 Å². The van der Waals surface area contributed by atoms with Crippen LogP contribution < -0.4 is 0 Å². The van der Waals surface area contributed by atoms with Crippen molar-refractivity contribution >= 4 is 21.8 Å². The van der Waals surface area contributed by atoms with Crippen molar-refractivity contribution in [3.05, 3.63) is 65.5 Å². The van der Waals surface area contributed by atoms with Gasteiger partial charge in [-0.15, -0.1) is 0 Å². The predicted molar refractivity (Wildman–Crippen MR) is 106 cm³/mol. The van der Waals surface area contributed by atoms with Crippen LogP contribution in [0.2, 0.25) is 0 Å². The van der Waals surface area contributed by atoms with E-state index < -0.39 is 34.2 Å². The van der Waals surface area contributed by atoms with Crippen LogP contribution in [0.4, 0.5) is 4.39 Å². The number of hydrogen-bond acceptors (Lipinski definition) is 6. The van der Waals surface area contributed by atoms with Crippen molar-refractivity contribution in [1.29, 1.82) is 0 Å². The Labute approximate surface area is 174 Å². The molecule has 30 heavy (non-hydrogen) atoms. The standard InChI is InChI=1S/C21H22FNO6S/c1-14-11-23(12-15(2)29-14)30(26,27)19-5-3-4-17(10-19)21(25)28-13-20(24)16-6-8-18(22)9-7-16/h3-10,14-15H,11-13H2,1-2H3. The molecule has 0 amide bonds. The Hall–Kier alpha value is -2.62. The lowest BCUT2D eigenvalue weighted by Crippen LogP contribution is -2.48. The van der Waals surface area contributed by atoms with Gasteiger partial charge >= 0.3 is 5.97 Å². The average molecular weight is 435 g/mol. The smallest absolute Gasteiger partial charge is 0.338 e. The summed E-state index contributed by atoms with van der Waals surface area (Å²) in [7, 11) is -3.82. The van der Waals surface area contributed by atoms with Crippen molar-refractivity contribution in [2.75, 3.05) is 19.7 Å². The quantitative estimate of drug-likeness (QED) is 0.512. The van der Waals surface area contributed by atoms with Gasteiger partial charge in [-0.05, 0) is 56.3 Å². The van der Waals surface area contributed by atoms with E-state index in [1.54, 1.807) is 13.8 Å². The molecule has 0 radical (unpaired) electrons. The molecule has 0 N–H and O–H groups in total. The highest BCUT2D eigenvalue weighted by Gasteiger charge is 2.32. The summed E-state index contributed by atoms with van der Waals surface area (Å²) in [5, 5.41) is 0. The van der Waals surface area contributed by atoms with E-state index >= 15 is 0 Å². The highest BCUT2D eigenvalue weighted by atomic mass is 32.2. The van der Waals surface area contributed by atoms with Gasteiger partial charge in [-0.1, -0.05) is 6.07 Å². The van der Waals surface area contributed by atoms with E-state index in [0.717, 1.165) is 12.1 Å². The van der Waals surface area contributed by atoms with Gasteiger partial charge in [0.15, 0.2) is 12.4 Å². The molecule has 1 heterocycles. The van der Waals surface area contributed by atoms with Gasteiger partial charge in [0, 0.05) is 18.7 Å². The number of rotatable bonds is 6. The minimum Gasteiger partial charge on any atom is -0.454 e. The number of ketones is 1. The van der Waals surface area contributed by atoms with Crippen LogP contribution in [0.15, 0.2) is 53.4 Å². The van der Waals surface area contributed by atoms with E-state index in [2.05, 4.69) is 0 Å². The van der Waals surface area contributed by atoms with E-state index in [4.69, 9.17) is 9.47 Å². The monoisotopic (exact) mass is 435 g/mol. The first-order valence-electron chi connectivity index (χ1n) is 9.38. The molecule has 1 aliphatic heterocycles. The third-order valence-corrected chi connectivity index (χ3v) is 6.42. The van der Waals surface area contributed by atoms with Crippen molar-refractivity contribution in [1.82, 2.24) is 4.31 Å². The number of esters is 1. The zero-order valence-electron chi connectivity index (χ0n) is 16.6. The second kappa shape index (κ2) is 9.03. The Morgan fingerprint density at radius 3 is 2.33 bits per heavy atom. The number of carbonyl (C=O) groups is 2. The van der Waals surface area contributed by atoms with E-state index in [9.17, 15) is 22.4 Å². The number of Topliss-reactive ketones (excluding diaryl/α,β-unsaturated/α-hetero) is 1. The molecule has 7 nitrogen and oxygen atoms in total. The molecule has 1 aliphatic rings. The first kappa shape index (κ1) is 22.1. The molecule has 0 bridgehead atoms. The molecule has 0 aromatic heterocycles. The highest BCUT2D eigenvalue weighted by molar-refractivity contribution is 7.89. The van der Waals surface area contributed by atoms with E-state index in [1.807, 2.05) is 0 Å². The van der Waals surface area contributed by atoms with Crippen LogP contribution in [0.3, 0.4) is 0 Å². The van der Waals surface area contributed by atoms with Gasteiger partial charge < -0.3 is 9.47 Å². The van der Waals surface area contributed by atoms with Gasteiger partial charge in [-0.2, -0.15) is 4.31 Å². The predicted octanol–water partition coefficient (Wildman–Crippen LogP) is 2.66. The van der Waals surface area contributed by atoms with Crippen LogP contribution in [0, 0.1) is 5.82 Å². The van der Waals surface area contributed by atoms with Crippen molar-refractivity contribution in [3.63, 3.8) is 0 Å². The summed E-state index contributed by atoms with van der Waals surface area (Å²) in [6.07, 6.45) is -0.483. The number of morpholine rings is 1. The summed E-state index contributed by atoms with van der Waals surface area (Å²) in [6, 6.07) is 10.3. The molecule has 2 aromatic carbocycles. The van der Waals surface area contributed by atoms with Gasteiger partial charge in [0.1, 0.15) is 5.82 Å². The largest absolute Gasteiger partial charge is 0.454 e. The molecule has 0 saturated carbocycles. The Bertz CT molecular complexity index is 1030. The number of hydrogen-bond donors (Lipinski definition) is 0. The fourth-order valence-electron chi connectivity index (χ4n) is 3.19. The Morgan fingerprint density at radius 1 is 1.07 bits per heavy atom. The van der Waals surface area contributed by atoms with Gasteiger partial charge in [0.2, 0.25) is 10.0 Å². The van der Waals surface area contributed by atoms with Crippen LogP contribution in [-0.4, -0.2) is 56.4 Å². The maximum atomic E-state index is 13.0. The lowest BCUT2D eigenvalue weighted by Gasteiger charge is -2.34. The molecule has 1 fully saturated rings. The lowest BCUT2D eigenvalue weighted by molar-refractivity contribution is -0.0440. The molecule has 1 saturated heterocycles. The third-order valence-electron chi connectivity index (χ3n) is 4.59. The second-order valence-corrected chi connectivity index (χ2v) is 9.05. The van der Waals surface area contributed by atoms with Crippen LogP contribution >= 0.6 is 0 Å². The van der Waals surface area contributed by atoms with Gasteiger partial charge in [-0.3, -0.25) is 4.79 Å². The van der Waals surface area contributed by atoms with E-state index in [1.165, 1.54) is 40.7 Å². The Balaban J connectivity index is 1.70. The summed E-state index contributed by atoms with van der Waals surface area (Å²) < 4.78 is 50.8. The van der Waals surface area contributed by atoms with Crippen molar-refractivity contribution in [2.24, 2.45) is 0 Å². The van der Waals surface area contributed by atoms with Crippen LogP contribution in [0.25, 0.3) is 0 Å². The minimum absolute atomic E-state index is 0.0114. The number of halogens is 1. The molecule has 9 heteroatoms. The Morgan fingerprint density at radius 2 is 1.70 bits per heavy atom. The topological polar surface area (TPSA) is 90.0 Å².